The molecule has 0 spiro atoms. The zero-order chi connectivity index (χ0) is 13.8. The molecule has 1 atom stereocenters. The van der Waals surface area contributed by atoms with Gasteiger partial charge in [0.25, 0.3) is 0 Å². The molecule has 0 bridgehead atoms. The minimum atomic E-state index is 0.0528. The van der Waals surface area contributed by atoms with Gasteiger partial charge in [0.15, 0.2) is 11.5 Å². The highest BCUT2D eigenvalue weighted by Crippen LogP contribution is 2.31. The number of para-hydroxylation sites is 2. The maximum absolute atomic E-state index is 9.27. The highest BCUT2D eigenvalue weighted by molar-refractivity contribution is 5.40. The second-order valence-electron chi connectivity index (χ2n) is 5.65. The Morgan fingerprint density at radius 1 is 1.15 bits per heavy atom. The zero-order valence-electron chi connectivity index (χ0n) is 11.8. The van der Waals surface area contributed by atoms with Gasteiger partial charge in [0, 0.05) is 19.1 Å². The summed E-state index contributed by atoms with van der Waals surface area (Å²) in [7, 11) is 0. The predicted molar refractivity (Wildman–Crippen MR) is 77.3 cm³/mol. The van der Waals surface area contributed by atoms with E-state index in [0.29, 0.717) is 12.6 Å². The largest absolute Gasteiger partial charge is 0.486 e. The number of nitrogens with zero attached hydrogens (tertiary/aromatic N) is 1. The van der Waals surface area contributed by atoms with Crippen molar-refractivity contribution in [3.8, 4) is 11.5 Å². The lowest BCUT2D eigenvalue weighted by molar-refractivity contribution is 0.0392. The summed E-state index contributed by atoms with van der Waals surface area (Å²) in [5, 5.41) is 9.27. The van der Waals surface area contributed by atoms with Crippen molar-refractivity contribution in [2.24, 2.45) is 0 Å². The van der Waals surface area contributed by atoms with Crippen molar-refractivity contribution in [3.05, 3.63) is 24.3 Å². The Morgan fingerprint density at radius 2 is 1.90 bits per heavy atom. The molecule has 1 aromatic carbocycles. The van der Waals surface area contributed by atoms with Gasteiger partial charge < -0.3 is 14.6 Å². The fraction of sp³-hybridized carbons (Fsp3) is 0.625. The standard InChI is InChI=1S/C16H23NO3/c18-10-9-17(13-5-1-2-6-13)11-14-12-19-15-7-3-4-8-16(15)20-14/h3-4,7-8,13-14,18H,1-2,5-6,9-12H2. The number of aliphatic hydroxyl groups excluding tert-OH is 1. The van der Waals surface area contributed by atoms with Gasteiger partial charge in [0.05, 0.1) is 6.61 Å². The van der Waals surface area contributed by atoms with Crippen LogP contribution in [-0.4, -0.2) is 48.5 Å². The van der Waals surface area contributed by atoms with E-state index in [4.69, 9.17) is 9.47 Å². The summed E-state index contributed by atoms with van der Waals surface area (Å²) >= 11 is 0. The molecule has 3 rings (SSSR count). The Labute approximate surface area is 120 Å². The number of aliphatic hydroxyl groups is 1. The maximum atomic E-state index is 9.27. The van der Waals surface area contributed by atoms with Crippen LogP contribution in [0.15, 0.2) is 24.3 Å². The highest BCUT2D eigenvalue weighted by atomic mass is 16.6. The van der Waals surface area contributed by atoms with Crippen LogP contribution in [0.5, 0.6) is 11.5 Å². The molecule has 1 fully saturated rings. The van der Waals surface area contributed by atoms with Crippen molar-refractivity contribution in [1.82, 2.24) is 4.90 Å². The molecule has 1 N–H and O–H groups in total. The van der Waals surface area contributed by atoms with E-state index in [2.05, 4.69) is 4.90 Å². The SMILES string of the molecule is OCCN(CC1COc2ccccc2O1)C1CCCC1. The molecule has 0 saturated heterocycles. The van der Waals surface area contributed by atoms with Gasteiger partial charge in [-0.3, -0.25) is 4.90 Å². The number of ether oxygens (including phenoxy) is 2. The topological polar surface area (TPSA) is 41.9 Å². The molecule has 4 nitrogen and oxygen atoms in total. The molecule has 0 amide bonds. The molecule has 20 heavy (non-hydrogen) atoms. The number of benzene rings is 1. The first-order valence-corrected chi connectivity index (χ1v) is 7.60. The van der Waals surface area contributed by atoms with Gasteiger partial charge in [0.1, 0.15) is 12.7 Å². The maximum Gasteiger partial charge on any atom is 0.161 e. The minimum Gasteiger partial charge on any atom is -0.486 e. The molecule has 0 radical (unpaired) electrons. The molecular weight excluding hydrogens is 254 g/mol. The number of hydrogen-bond acceptors (Lipinski definition) is 4. The Balaban J connectivity index is 1.61. The van der Waals surface area contributed by atoms with Gasteiger partial charge in [-0.05, 0) is 25.0 Å². The zero-order valence-corrected chi connectivity index (χ0v) is 11.8. The molecule has 4 heteroatoms. The van der Waals surface area contributed by atoms with Crippen molar-refractivity contribution >= 4 is 0 Å². The van der Waals surface area contributed by atoms with Gasteiger partial charge in [-0.2, -0.15) is 0 Å². The van der Waals surface area contributed by atoms with Crippen LogP contribution in [0.2, 0.25) is 0 Å². The molecule has 1 aliphatic heterocycles. The van der Waals surface area contributed by atoms with E-state index in [-0.39, 0.29) is 12.7 Å². The van der Waals surface area contributed by atoms with Crippen LogP contribution < -0.4 is 9.47 Å². The molecule has 1 aliphatic carbocycles. The average Bonchev–Trinajstić information content (AvgIpc) is 3.01. The molecule has 110 valence electrons. The van der Waals surface area contributed by atoms with Crippen LogP contribution >= 0.6 is 0 Å². The van der Waals surface area contributed by atoms with E-state index >= 15 is 0 Å². The fourth-order valence-corrected chi connectivity index (χ4v) is 3.24. The van der Waals surface area contributed by atoms with E-state index in [1.165, 1.54) is 25.7 Å². The Kier molecular flexibility index (Phi) is 4.43. The van der Waals surface area contributed by atoms with Crippen molar-refractivity contribution in [3.63, 3.8) is 0 Å². The van der Waals surface area contributed by atoms with Crippen LogP contribution in [0.25, 0.3) is 0 Å². The second kappa shape index (κ2) is 6.46. The summed E-state index contributed by atoms with van der Waals surface area (Å²) in [6, 6.07) is 8.41. The Morgan fingerprint density at radius 3 is 2.65 bits per heavy atom. The second-order valence-corrected chi connectivity index (χ2v) is 5.65. The average molecular weight is 277 g/mol. The summed E-state index contributed by atoms with van der Waals surface area (Å²) in [5.74, 6) is 1.66. The molecule has 1 aromatic rings. The number of hydrogen-bond donors (Lipinski definition) is 1. The molecule has 1 saturated carbocycles. The van der Waals surface area contributed by atoms with Gasteiger partial charge in [0.2, 0.25) is 0 Å². The lowest BCUT2D eigenvalue weighted by Gasteiger charge is -2.34. The summed E-state index contributed by atoms with van der Waals surface area (Å²) in [6.45, 7) is 2.36. The van der Waals surface area contributed by atoms with Crippen molar-refractivity contribution in [1.29, 1.82) is 0 Å². The van der Waals surface area contributed by atoms with Crippen LogP contribution in [0.4, 0.5) is 0 Å². The Hall–Kier alpha value is -1.26. The highest BCUT2D eigenvalue weighted by Gasteiger charge is 2.28. The number of fused-ring (bicyclic) bond motifs is 1. The molecule has 0 aromatic heterocycles. The molecule has 2 aliphatic rings. The van der Waals surface area contributed by atoms with Gasteiger partial charge >= 0.3 is 0 Å². The first-order valence-electron chi connectivity index (χ1n) is 7.60. The van der Waals surface area contributed by atoms with E-state index in [0.717, 1.165) is 24.6 Å². The minimum absolute atomic E-state index is 0.0528. The van der Waals surface area contributed by atoms with Crippen LogP contribution in [-0.2, 0) is 0 Å². The first kappa shape index (κ1) is 13.7. The van der Waals surface area contributed by atoms with Crippen LogP contribution in [0.1, 0.15) is 25.7 Å². The van der Waals surface area contributed by atoms with Crippen molar-refractivity contribution in [2.75, 3.05) is 26.3 Å². The normalized spacial score (nSPS) is 22.4. The predicted octanol–water partition coefficient (Wildman–Crippen LogP) is 2.06. The van der Waals surface area contributed by atoms with E-state index in [1.807, 2.05) is 24.3 Å². The van der Waals surface area contributed by atoms with Crippen molar-refractivity contribution in [2.45, 2.75) is 37.8 Å². The van der Waals surface area contributed by atoms with Gasteiger partial charge in [-0.15, -0.1) is 0 Å². The van der Waals surface area contributed by atoms with E-state index in [1.54, 1.807) is 0 Å². The van der Waals surface area contributed by atoms with Crippen LogP contribution in [0.3, 0.4) is 0 Å². The summed E-state index contributed by atoms with van der Waals surface area (Å²) in [4.78, 5) is 2.37. The molecular formula is C16H23NO3. The van der Waals surface area contributed by atoms with E-state index in [9.17, 15) is 5.11 Å². The third-order valence-corrected chi connectivity index (χ3v) is 4.23. The molecule has 1 heterocycles. The lowest BCUT2D eigenvalue weighted by Crippen LogP contribution is -2.45. The smallest absolute Gasteiger partial charge is 0.161 e. The van der Waals surface area contributed by atoms with Gasteiger partial charge in [-0.1, -0.05) is 25.0 Å². The quantitative estimate of drug-likeness (QED) is 0.894. The summed E-state index contributed by atoms with van der Waals surface area (Å²) < 4.78 is 11.8. The fourth-order valence-electron chi connectivity index (χ4n) is 3.24. The van der Waals surface area contributed by atoms with Gasteiger partial charge in [-0.25, -0.2) is 0 Å². The third kappa shape index (κ3) is 3.07. The monoisotopic (exact) mass is 277 g/mol. The van der Waals surface area contributed by atoms with E-state index < -0.39 is 0 Å². The third-order valence-electron chi connectivity index (χ3n) is 4.23. The molecule has 1 unspecified atom stereocenters. The number of rotatable bonds is 5. The summed E-state index contributed by atoms with van der Waals surface area (Å²) in [5.41, 5.74) is 0. The van der Waals surface area contributed by atoms with Crippen molar-refractivity contribution < 1.29 is 14.6 Å². The first-order chi connectivity index (χ1) is 9.86. The Bertz CT molecular complexity index is 431. The summed E-state index contributed by atoms with van der Waals surface area (Å²) in [6.07, 6.45) is 5.14. The van der Waals surface area contributed by atoms with Crippen LogP contribution in [0, 0.1) is 0 Å². The lowest BCUT2D eigenvalue weighted by atomic mass is 10.2.